The number of nitriles is 1. The van der Waals surface area contributed by atoms with Crippen LogP contribution in [0.4, 0.5) is 14.9 Å². The zero-order valence-corrected chi connectivity index (χ0v) is 12.2. The second-order valence-corrected chi connectivity index (χ2v) is 5.61. The maximum Gasteiger partial charge on any atom is 0.319 e. The number of aliphatic hydroxyl groups is 1. The average molecular weight is 293 g/mol. The quantitative estimate of drug-likeness (QED) is 0.705. The summed E-state index contributed by atoms with van der Waals surface area (Å²) in [7, 11) is 0. The van der Waals surface area contributed by atoms with Crippen molar-refractivity contribution in [3.63, 3.8) is 0 Å². The number of hydrogen-bond donors (Lipinski definition) is 3. The van der Waals surface area contributed by atoms with Gasteiger partial charge in [0.15, 0.2) is 0 Å². The number of carbonyl (C=O) groups excluding carboxylic acids is 1. The molecule has 0 aliphatic carbocycles. The smallest absolute Gasteiger partial charge is 0.319 e. The average Bonchev–Trinajstić information content (AvgIpc) is 2.45. The minimum absolute atomic E-state index is 0.0755. The fraction of sp³-hybridized carbons (Fsp3) is 0.467. The molecule has 6 heteroatoms. The Morgan fingerprint density at radius 2 is 2.19 bits per heavy atom. The van der Waals surface area contributed by atoms with Crippen molar-refractivity contribution in [2.75, 3.05) is 18.5 Å². The standard InChI is InChI=1S/C15H20FN3O2/c1-15(2,10-20)6-3-7-18-14(21)19-13-5-4-12(16)8-11(13)9-17/h4-5,8,20H,3,6-7,10H2,1-2H3,(H2,18,19,21). The molecule has 0 aliphatic rings. The van der Waals surface area contributed by atoms with E-state index in [9.17, 15) is 9.18 Å². The van der Waals surface area contributed by atoms with Crippen molar-refractivity contribution in [2.24, 2.45) is 5.41 Å². The van der Waals surface area contributed by atoms with E-state index in [0.29, 0.717) is 6.54 Å². The molecule has 1 rings (SSSR count). The van der Waals surface area contributed by atoms with Crippen LogP contribution in [-0.2, 0) is 0 Å². The number of nitrogens with one attached hydrogen (secondary N) is 2. The third kappa shape index (κ3) is 5.79. The number of rotatable bonds is 6. The molecule has 1 aromatic carbocycles. The number of hydrogen-bond acceptors (Lipinski definition) is 3. The van der Waals surface area contributed by atoms with Gasteiger partial charge in [-0.25, -0.2) is 9.18 Å². The SMILES string of the molecule is CC(C)(CO)CCCNC(=O)Nc1ccc(F)cc1C#N. The van der Waals surface area contributed by atoms with Gasteiger partial charge in [0.2, 0.25) is 0 Å². The van der Waals surface area contributed by atoms with E-state index in [4.69, 9.17) is 10.4 Å². The molecule has 0 atom stereocenters. The van der Waals surface area contributed by atoms with Gasteiger partial charge in [-0.1, -0.05) is 13.8 Å². The van der Waals surface area contributed by atoms with Crippen LogP contribution in [0, 0.1) is 22.6 Å². The van der Waals surface area contributed by atoms with Crippen LogP contribution in [-0.4, -0.2) is 24.3 Å². The van der Waals surface area contributed by atoms with Crippen molar-refractivity contribution in [3.8, 4) is 6.07 Å². The minimum Gasteiger partial charge on any atom is -0.396 e. The molecule has 114 valence electrons. The first kappa shape index (κ1) is 16.9. The number of amides is 2. The van der Waals surface area contributed by atoms with Crippen LogP contribution >= 0.6 is 0 Å². The fourth-order valence-electron chi connectivity index (χ4n) is 1.73. The summed E-state index contributed by atoms with van der Waals surface area (Å²) >= 11 is 0. The lowest BCUT2D eigenvalue weighted by Crippen LogP contribution is -2.30. The molecule has 0 bridgehead atoms. The van der Waals surface area contributed by atoms with Gasteiger partial charge in [0, 0.05) is 13.2 Å². The fourth-order valence-corrected chi connectivity index (χ4v) is 1.73. The van der Waals surface area contributed by atoms with Gasteiger partial charge in [-0.3, -0.25) is 0 Å². The van der Waals surface area contributed by atoms with Crippen LogP contribution in [0.3, 0.4) is 0 Å². The summed E-state index contributed by atoms with van der Waals surface area (Å²) in [6.45, 7) is 4.45. The Morgan fingerprint density at radius 1 is 1.48 bits per heavy atom. The number of carbonyl (C=O) groups is 1. The van der Waals surface area contributed by atoms with E-state index in [1.54, 1.807) is 0 Å². The number of halogens is 1. The van der Waals surface area contributed by atoms with Crippen molar-refractivity contribution >= 4 is 11.7 Å². The van der Waals surface area contributed by atoms with E-state index in [0.717, 1.165) is 18.9 Å². The predicted octanol–water partition coefficient (Wildman–Crippen LogP) is 2.62. The summed E-state index contributed by atoms with van der Waals surface area (Å²) in [5.41, 5.74) is 0.182. The zero-order valence-electron chi connectivity index (χ0n) is 12.2. The third-order valence-corrected chi connectivity index (χ3v) is 3.09. The molecule has 21 heavy (non-hydrogen) atoms. The highest BCUT2D eigenvalue weighted by Crippen LogP contribution is 2.20. The number of nitrogens with zero attached hydrogens (tertiary/aromatic N) is 1. The maximum absolute atomic E-state index is 13.0. The van der Waals surface area contributed by atoms with Crippen molar-refractivity contribution in [1.82, 2.24) is 5.32 Å². The first-order chi connectivity index (χ1) is 9.88. The highest BCUT2D eigenvalue weighted by molar-refractivity contribution is 5.90. The number of anilines is 1. The molecule has 2 amide bonds. The van der Waals surface area contributed by atoms with Gasteiger partial charge >= 0.3 is 6.03 Å². The lowest BCUT2D eigenvalue weighted by molar-refractivity contribution is 0.148. The van der Waals surface area contributed by atoms with Gasteiger partial charge in [0.05, 0.1) is 11.3 Å². The minimum atomic E-state index is -0.524. The first-order valence-corrected chi connectivity index (χ1v) is 6.73. The number of urea groups is 1. The van der Waals surface area contributed by atoms with Gasteiger partial charge in [0.1, 0.15) is 11.9 Å². The van der Waals surface area contributed by atoms with Crippen molar-refractivity contribution < 1.29 is 14.3 Å². The second kappa shape index (κ2) is 7.60. The van der Waals surface area contributed by atoms with Crippen LogP contribution in [0.5, 0.6) is 0 Å². The molecule has 0 heterocycles. The molecule has 0 saturated carbocycles. The molecule has 0 saturated heterocycles. The molecular formula is C15H20FN3O2. The van der Waals surface area contributed by atoms with E-state index in [-0.39, 0.29) is 23.3 Å². The molecule has 0 spiro atoms. The van der Waals surface area contributed by atoms with Crippen LogP contribution in [0.15, 0.2) is 18.2 Å². The van der Waals surface area contributed by atoms with E-state index in [2.05, 4.69) is 10.6 Å². The van der Waals surface area contributed by atoms with Gasteiger partial charge in [-0.2, -0.15) is 5.26 Å². The van der Waals surface area contributed by atoms with E-state index in [1.807, 2.05) is 19.9 Å². The molecule has 0 fully saturated rings. The van der Waals surface area contributed by atoms with E-state index < -0.39 is 11.8 Å². The summed E-state index contributed by atoms with van der Waals surface area (Å²) in [5.74, 6) is -0.524. The zero-order chi connectivity index (χ0) is 15.9. The Morgan fingerprint density at radius 3 is 2.81 bits per heavy atom. The van der Waals surface area contributed by atoms with Gasteiger partial charge < -0.3 is 15.7 Å². The maximum atomic E-state index is 13.0. The van der Waals surface area contributed by atoms with Crippen LogP contribution < -0.4 is 10.6 Å². The van der Waals surface area contributed by atoms with Crippen molar-refractivity contribution in [2.45, 2.75) is 26.7 Å². The van der Waals surface area contributed by atoms with Gasteiger partial charge in [-0.05, 0) is 36.5 Å². The Balaban J connectivity index is 2.43. The van der Waals surface area contributed by atoms with Crippen LogP contribution in [0.1, 0.15) is 32.3 Å². The summed E-state index contributed by atoms with van der Waals surface area (Å²) in [5, 5.41) is 23.2. The molecule has 0 aliphatic heterocycles. The van der Waals surface area contributed by atoms with E-state index >= 15 is 0 Å². The number of benzene rings is 1. The topological polar surface area (TPSA) is 85.2 Å². The monoisotopic (exact) mass is 293 g/mol. The lowest BCUT2D eigenvalue weighted by atomic mass is 9.89. The van der Waals surface area contributed by atoms with E-state index in [1.165, 1.54) is 12.1 Å². The van der Waals surface area contributed by atoms with Crippen molar-refractivity contribution in [3.05, 3.63) is 29.6 Å². The molecule has 3 N–H and O–H groups in total. The summed E-state index contributed by atoms with van der Waals surface area (Å²) in [6, 6.07) is 4.98. The molecule has 1 aromatic rings. The first-order valence-electron chi connectivity index (χ1n) is 6.73. The van der Waals surface area contributed by atoms with Crippen LogP contribution in [0.25, 0.3) is 0 Å². The summed E-state index contributed by atoms with van der Waals surface area (Å²) in [4.78, 5) is 11.7. The van der Waals surface area contributed by atoms with Gasteiger partial charge in [0.25, 0.3) is 0 Å². The molecule has 0 radical (unpaired) electrons. The lowest BCUT2D eigenvalue weighted by Gasteiger charge is -2.21. The molecule has 0 unspecified atom stereocenters. The van der Waals surface area contributed by atoms with Crippen molar-refractivity contribution in [1.29, 1.82) is 5.26 Å². The largest absolute Gasteiger partial charge is 0.396 e. The molecular weight excluding hydrogens is 273 g/mol. The molecule has 5 nitrogen and oxygen atoms in total. The van der Waals surface area contributed by atoms with Crippen LogP contribution in [0.2, 0.25) is 0 Å². The van der Waals surface area contributed by atoms with Gasteiger partial charge in [-0.15, -0.1) is 0 Å². The third-order valence-electron chi connectivity index (χ3n) is 3.09. The summed E-state index contributed by atoms with van der Waals surface area (Å²) in [6.07, 6.45) is 1.51. The Bertz CT molecular complexity index is 538. The summed E-state index contributed by atoms with van der Waals surface area (Å²) < 4.78 is 13.0. The molecule has 0 aromatic heterocycles. The Hall–Kier alpha value is -2.13. The Kier molecular flexibility index (Phi) is 6.12. The Labute approximate surface area is 123 Å². The highest BCUT2D eigenvalue weighted by Gasteiger charge is 2.15. The number of aliphatic hydroxyl groups excluding tert-OH is 1. The highest BCUT2D eigenvalue weighted by atomic mass is 19.1. The normalized spacial score (nSPS) is 10.8. The predicted molar refractivity (Wildman–Crippen MR) is 78.2 cm³/mol. The second-order valence-electron chi connectivity index (χ2n) is 5.61.